The summed E-state index contributed by atoms with van der Waals surface area (Å²) in [6, 6.07) is 0.472. The molecule has 19 heavy (non-hydrogen) atoms. The van der Waals surface area contributed by atoms with E-state index in [1.165, 1.54) is 57.8 Å². The Morgan fingerprint density at radius 3 is 2.11 bits per heavy atom. The van der Waals surface area contributed by atoms with E-state index in [1.54, 1.807) is 0 Å². The number of carbonyl (C=O) groups excluding carboxylic acids is 1. The predicted octanol–water partition coefficient (Wildman–Crippen LogP) is 3.98. The third-order valence-corrected chi connectivity index (χ3v) is 4.75. The van der Waals surface area contributed by atoms with E-state index in [2.05, 4.69) is 10.6 Å². The van der Waals surface area contributed by atoms with Gasteiger partial charge in [0.05, 0.1) is 0 Å². The second kappa shape index (κ2) is 8.44. The van der Waals surface area contributed by atoms with Crippen molar-refractivity contribution in [2.75, 3.05) is 6.54 Å². The summed E-state index contributed by atoms with van der Waals surface area (Å²) >= 11 is 0. The lowest BCUT2D eigenvalue weighted by Crippen LogP contribution is -2.42. The molecule has 0 aliphatic heterocycles. The first-order valence-electron chi connectivity index (χ1n) is 8.39. The van der Waals surface area contributed by atoms with Gasteiger partial charge in [0.2, 0.25) is 0 Å². The highest BCUT2D eigenvalue weighted by Crippen LogP contribution is 2.25. The molecule has 3 heteroatoms. The highest BCUT2D eigenvalue weighted by molar-refractivity contribution is 5.74. The van der Waals surface area contributed by atoms with Crippen molar-refractivity contribution in [3.05, 3.63) is 0 Å². The number of hydrogen-bond acceptors (Lipinski definition) is 1. The van der Waals surface area contributed by atoms with E-state index in [9.17, 15) is 4.79 Å². The van der Waals surface area contributed by atoms with Crippen LogP contribution in [0.2, 0.25) is 0 Å². The summed E-state index contributed by atoms with van der Waals surface area (Å²) in [6.45, 7) is 0.850. The summed E-state index contributed by atoms with van der Waals surface area (Å²) in [5.74, 6) is 0.854. The molecule has 0 spiro atoms. The van der Waals surface area contributed by atoms with Gasteiger partial charge in [0, 0.05) is 12.6 Å². The Hall–Kier alpha value is -0.730. The maximum Gasteiger partial charge on any atom is 0.315 e. The largest absolute Gasteiger partial charge is 0.338 e. The summed E-state index contributed by atoms with van der Waals surface area (Å²) < 4.78 is 0. The van der Waals surface area contributed by atoms with E-state index in [0.717, 1.165) is 31.7 Å². The lowest BCUT2D eigenvalue weighted by molar-refractivity contribution is 0.233. The van der Waals surface area contributed by atoms with Crippen LogP contribution >= 0.6 is 0 Å². The molecule has 0 aromatic heterocycles. The van der Waals surface area contributed by atoms with Gasteiger partial charge >= 0.3 is 6.03 Å². The molecule has 2 N–H and O–H groups in total. The molecule has 110 valence electrons. The van der Waals surface area contributed by atoms with Gasteiger partial charge in [-0.3, -0.25) is 0 Å². The van der Waals surface area contributed by atoms with Crippen molar-refractivity contribution in [2.45, 2.75) is 83.1 Å². The molecular weight excluding hydrogens is 236 g/mol. The van der Waals surface area contributed by atoms with Crippen LogP contribution in [0.25, 0.3) is 0 Å². The van der Waals surface area contributed by atoms with Gasteiger partial charge in [-0.1, -0.05) is 57.8 Å². The van der Waals surface area contributed by atoms with E-state index in [0.29, 0.717) is 6.04 Å². The molecule has 2 amide bonds. The Labute approximate surface area is 117 Å². The average molecular weight is 266 g/mol. The zero-order chi connectivity index (χ0) is 13.3. The number of rotatable bonds is 4. The zero-order valence-corrected chi connectivity index (χ0v) is 12.3. The first-order chi connectivity index (χ1) is 9.34. The van der Waals surface area contributed by atoms with Crippen molar-refractivity contribution in [3.63, 3.8) is 0 Å². The van der Waals surface area contributed by atoms with E-state index in [-0.39, 0.29) is 6.03 Å². The van der Waals surface area contributed by atoms with Crippen LogP contribution < -0.4 is 10.6 Å². The predicted molar refractivity (Wildman–Crippen MR) is 79.2 cm³/mol. The fourth-order valence-electron chi connectivity index (χ4n) is 3.53. The van der Waals surface area contributed by atoms with E-state index in [4.69, 9.17) is 0 Å². The molecule has 2 fully saturated rings. The van der Waals surface area contributed by atoms with Crippen LogP contribution in [-0.4, -0.2) is 18.6 Å². The molecule has 2 saturated carbocycles. The molecule has 2 aliphatic rings. The van der Waals surface area contributed by atoms with E-state index >= 15 is 0 Å². The SMILES string of the molecule is O=C(NCCC1CCCCC1)NC1CCCCCC1. The van der Waals surface area contributed by atoms with Gasteiger partial charge in [-0.05, 0) is 25.2 Å². The highest BCUT2D eigenvalue weighted by Gasteiger charge is 2.16. The number of nitrogens with one attached hydrogen (secondary N) is 2. The smallest absolute Gasteiger partial charge is 0.315 e. The molecule has 0 heterocycles. The lowest BCUT2D eigenvalue weighted by Gasteiger charge is -2.22. The number of urea groups is 1. The van der Waals surface area contributed by atoms with Gasteiger partial charge in [-0.15, -0.1) is 0 Å². The van der Waals surface area contributed by atoms with Gasteiger partial charge in [-0.25, -0.2) is 4.79 Å². The van der Waals surface area contributed by atoms with E-state index < -0.39 is 0 Å². The summed E-state index contributed by atoms with van der Waals surface area (Å²) in [7, 11) is 0. The fraction of sp³-hybridized carbons (Fsp3) is 0.938. The van der Waals surface area contributed by atoms with Crippen molar-refractivity contribution < 1.29 is 4.79 Å². The minimum Gasteiger partial charge on any atom is -0.338 e. The van der Waals surface area contributed by atoms with Crippen LogP contribution in [0.1, 0.15) is 77.0 Å². The number of carbonyl (C=O) groups is 1. The zero-order valence-electron chi connectivity index (χ0n) is 12.3. The second-order valence-corrected chi connectivity index (χ2v) is 6.38. The maximum atomic E-state index is 11.8. The molecule has 0 bridgehead atoms. The summed E-state index contributed by atoms with van der Waals surface area (Å²) in [6.07, 6.45) is 15.6. The normalized spacial score (nSPS) is 22.7. The van der Waals surface area contributed by atoms with Crippen molar-refractivity contribution in [1.82, 2.24) is 10.6 Å². The van der Waals surface area contributed by atoms with Gasteiger partial charge in [-0.2, -0.15) is 0 Å². The molecule has 2 rings (SSSR count). The number of amides is 2. The van der Waals surface area contributed by atoms with Gasteiger partial charge in [0.15, 0.2) is 0 Å². The monoisotopic (exact) mass is 266 g/mol. The van der Waals surface area contributed by atoms with Crippen molar-refractivity contribution in [1.29, 1.82) is 0 Å². The summed E-state index contributed by atoms with van der Waals surface area (Å²) in [4.78, 5) is 11.8. The first kappa shape index (κ1) is 14.7. The molecule has 0 unspecified atom stereocenters. The Morgan fingerprint density at radius 1 is 0.842 bits per heavy atom. The molecule has 0 atom stereocenters. The highest BCUT2D eigenvalue weighted by atomic mass is 16.2. The van der Waals surface area contributed by atoms with Crippen LogP contribution in [0.5, 0.6) is 0 Å². The molecular formula is C16H30N2O. The topological polar surface area (TPSA) is 41.1 Å². The van der Waals surface area contributed by atoms with E-state index in [1.807, 2.05) is 0 Å². The Kier molecular flexibility index (Phi) is 6.52. The third-order valence-electron chi connectivity index (χ3n) is 4.75. The van der Waals surface area contributed by atoms with Crippen LogP contribution in [-0.2, 0) is 0 Å². The van der Waals surface area contributed by atoms with Crippen molar-refractivity contribution in [2.24, 2.45) is 5.92 Å². The van der Waals surface area contributed by atoms with Crippen molar-refractivity contribution >= 4 is 6.03 Å². The number of hydrogen-bond donors (Lipinski definition) is 2. The Bertz CT molecular complexity index is 253. The second-order valence-electron chi connectivity index (χ2n) is 6.38. The molecule has 2 aliphatic carbocycles. The van der Waals surface area contributed by atoms with Gasteiger partial charge < -0.3 is 10.6 Å². The quantitative estimate of drug-likeness (QED) is 0.742. The van der Waals surface area contributed by atoms with Crippen LogP contribution in [0.3, 0.4) is 0 Å². The Morgan fingerprint density at radius 2 is 1.42 bits per heavy atom. The average Bonchev–Trinajstić information content (AvgIpc) is 2.68. The molecule has 0 aromatic rings. The van der Waals surface area contributed by atoms with Crippen LogP contribution in [0, 0.1) is 5.92 Å². The summed E-state index contributed by atoms with van der Waals surface area (Å²) in [5.41, 5.74) is 0. The molecule has 0 radical (unpaired) electrons. The van der Waals surface area contributed by atoms with Gasteiger partial charge in [0.1, 0.15) is 0 Å². The molecule has 0 saturated heterocycles. The fourth-order valence-corrected chi connectivity index (χ4v) is 3.53. The van der Waals surface area contributed by atoms with Gasteiger partial charge in [0.25, 0.3) is 0 Å². The van der Waals surface area contributed by atoms with Crippen LogP contribution in [0.15, 0.2) is 0 Å². The summed E-state index contributed by atoms with van der Waals surface area (Å²) in [5, 5.41) is 6.19. The Balaban J connectivity index is 1.55. The minimum absolute atomic E-state index is 0.0581. The van der Waals surface area contributed by atoms with Crippen LogP contribution in [0.4, 0.5) is 4.79 Å². The molecule has 0 aromatic carbocycles. The first-order valence-corrected chi connectivity index (χ1v) is 8.39. The van der Waals surface area contributed by atoms with Crippen molar-refractivity contribution in [3.8, 4) is 0 Å². The minimum atomic E-state index is 0.0581. The lowest BCUT2D eigenvalue weighted by atomic mass is 9.87. The third kappa shape index (κ3) is 5.84. The maximum absolute atomic E-state index is 11.8. The molecule has 3 nitrogen and oxygen atoms in total. The standard InChI is InChI=1S/C16H30N2O/c19-16(18-15-10-6-1-2-7-11-15)17-13-12-14-8-4-3-5-9-14/h14-15H,1-13H2,(H2,17,18,19).